The normalized spacial score (nSPS) is 16.7. The van der Waals surface area contributed by atoms with Gasteiger partial charge in [0.1, 0.15) is 5.78 Å². The number of hydrogen-bond acceptors (Lipinski definition) is 3. The van der Waals surface area contributed by atoms with Crippen molar-refractivity contribution in [3.8, 4) is 0 Å². The number of Topliss-reactive ketones (excluding diaryl/α,β-unsaturated/α-hetero) is 1. The van der Waals surface area contributed by atoms with Crippen LogP contribution in [0, 0.1) is 12.8 Å². The van der Waals surface area contributed by atoms with E-state index in [9.17, 15) is 9.59 Å². The van der Waals surface area contributed by atoms with Gasteiger partial charge in [0.2, 0.25) is 5.91 Å². The highest BCUT2D eigenvalue weighted by atomic mass is 16.2. The number of rotatable bonds is 5. The topological polar surface area (TPSA) is 49.4 Å². The predicted molar refractivity (Wildman–Crippen MR) is 82.9 cm³/mol. The molecule has 1 aliphatic rings. The van der Waals surface area contributed by atoms with Gasteiger partial charge in [-0.2, -0.15) is 0 Å². The lowest BCUT2D eigenvalue weighted by molar-refractivity contribution is -0.123. The fraction of sp³-hybridized carbons (Fsp3) is 0.529. The van der Waals surface area contributed by atoms with Gasteiger partial charge in [-0.15, -0.1) is 0 Å². The zero-order valence-electron chi connectivity index (χ0n) is 12.9. The summed E-state index contributed by atoms with van der Waals surface area (Å²) in [5.74, 6) is 0.521. The number of piperidine rings is 1. The Labute approximate surface area is 126 Å². The lowest BCUT2D eigenvalue weighted by Crippen LogP contribution is -2.42. The Kier molecular flexibility index (Phi) is 5.51. The first-order chi connectivity index (χ1) is 10.0. The zero-order chi connectivity index (χ0) is 15.2. The molecule has 1 N–H and O–H groups in total. The lowest BCUT2D eigenvalue weighted by Gasteiger charge is -2.30. The number of amides is 1. The molecule has 0 saturated carbocycles. The summed E-state index contributed by atoms with van der Waals surface area (Å²) in [5, 5.41) is 2.96. The second-order valence-electron chi connectivity index (χ2n) is 5.93. The predicted octanol–water partition coefficient (Wildman–Crippen LogP) is 1.91. The second kappa shape index (κ2) is 7.36. The van der Waals surface area contributed by atoms with Gasteiger partial charge >= 0.3 is 0 Å². The standard InChI is InChI=1S/C17H24N2O2/c1-13-4-3-5-15(10-13)11-18-17(21)12-19-8-6-16(7-9-19)14(2)20/h3-5,10,16H,6-9,11-12H2,1-2H3,(H,18,21). The third kappa shape index (κ3) is 4.97. The van der Waals surface area contributed by atoms with Crippen molar-refractivity contribution < 1.29 is 9.59 Å². The molecule has 0 atom stereocenters. The smallest absolute Gasteiger partial charge is 0.234 e. The molecule has 4 nitrogen and oxygen atoms in total. The fourth-order valence-electron chi connectivity index (χ4n) is 2.78. The number of nitrogens with zero attached hydrogens (tertiary/aromatic N) is 1. The van der Waals surface area contributed by atoms with Gasteiger partial charge in [-0.3, -0.25) is 14.5 Å². The summed E-state index contributed by atoms with van der Waals surface area (Å²) in [6, 6.07) is 8.15. The third-order valence-corrected chi connectivity index (χ3v) is 4.10. The van der Waals surface area contributed by atoms with E-state index in [0.29, 0.717) is 13.1 Å². The molecule has 1 aromatic rings. The van der Waals surface area contributed by atoms with E-state index >= 15 is 0 Å². The highest BCUT2D eigenvalue weighted by molar-refractivity contribution is 5.79. The number of hydrogen-bond donors (Lipinski definition) is 1. The number of ketones is 1. The zero-order valence-corrected chi connectivity index (χ0v) is 12.9. The molecule has 1 aliphatic heterocycles. The van der Waals surface area contributed by atoms with Crippen LogP contribution >= 0.6 is 0 Å². The number of benzene rings is 1. The van der Waals surface area contributed by atoms with E-state index < -0.39 is 0 Å². The highest BCUT2D eigenvalue weighted by Gasteiger charge is 2.23. The van der Waals surface area contributed by atoms with Crippen LogP contribution in [-0.2, 0) is 16.1 Å². The van der Waals surface area contributed by atoms with Gasteiger partial charge in [0, 0.05) is 12.5 Å². The molecule has 1 amide bonds. The van der Waals surface area contributed by atoms with E-state index in [2.05, 4.69) is 16.3 Å². The average molecular weight is 288 g/mol. The van der Waals surface area contributed by atoms with E-state index in [1.54, 1.807) is 6.92 Å². The van der Waals surface area contributed by atoms with Gasteiger partial charge in [-0.25, -0.2) is 0 Å². The molecular weight excluding hydrogens is 264 g/mol. The highest BCUT2D eigenvalue weighted by Crippen LogP contribution is 2.17. The number of nitrogens with one attached hydrogen (secondary N) is 1. The van der Waals surface area contributed by atoms with Gasteiger partial charge in [0.05, 0.1) is 6.54 Å². The Morgan fingerprint density at radius 2 is 2.00 bits per heavy atom. The summed E-state index contributed by atoms with van der Waals surface area (Å²) < 4.78 is 0. The van der Waals surface area contributed by atoms with Crippen LogP contribution in [0.25, 0.3) is 0 Å². The summed E-state index contributed by atoms with van der Waals surface area (Å²) in [7, 11) is 0. The van der Waals surface area contributed by atoms with Crippen LogP contribution in [0.5, 0.6) is 0 Å². The van der Waals surface area contributed by atoms with Gasteiger partial charge < -0.3 is 5.32 Å². The van der Waals surface area contributed by atoms with Crippen LogP contribution in [0.4, 0.5) is 0 Å². The van der Waals surface area contributed by atoms with Crippen molar-refractivity contribution in [1.82, 2.24) is 10.2 Å². The Bertz CT molecular complexity index is 505. The molecule has 0 aliphatic carbocycles. The van der Waals surface area contributed by atoms with Crippen molar-refractivity contribution >= 4 is 11.7 Å². The molecule has 0 radical (unpaired) electrons. The number of likely N-dealkylation sites (tertiary alicyclic amines) is 1. The summed E-state index contributed by atoms with van der Waals surface area (Å²) in [6.45, 7) is 6.38. The Balaban J connectivity index is 1.72. The van der Waals surface area contributed by atoms with E-state index in [1.165, 1.54) is 5.56 Å². The average Bonchev–Trinajstić information content (AvgIpc) is 2.46. The van der Waals surface area contributed by atoms with Gasteiger partial charge in [-0.1, -0.05) is 29.8 Å². The first kappa shape index (κ1) is 15.7. The number of carbonyl (C=O) groups excluding carboxylic acids is 2. The molecule has 1 saturated heterocycles. The van der Waals surface area contributed by atoms with Crippen molar-refractivity contribution in [3.05, 3.63) is 35.4 Å². The van der Waals surface area contributed by atoms with Crippen LogP contribution in [0.3, 0.4) is 0 Å². The first-order valence-electron chi connectivity index (χ1n) is 7.59. The van der Waals surface area contributed by atoms with Crippen molar-refractivity contribution in [2.24, 2.45) is 5.92 Å². The van der Waals surface area contributed by atoms with E-state index in [1.807, 2.05) is 25.1 Å². The van der Waals surface area contributed by atoms with Gasteiger partial charge in [-0.05, 0) is 45.3 Å². The van der Waals surface area contributed by atoms with Gasteiger partial charge in [0.15, 0.2) is 0 Å². The van der Waals surface area contributed by atoms with E-state index in [4.69, 9.17) is 0 Å². The van der Waals surface area contributed by atoms with Crippen LogP contribution in [0.1, 0.15) is 30.9 Å². The Hall–Kier alpha value is -1.68. The SMILES string of the molecule is CC(=O)C1CCN(CC(=O)NCc2cccc(C)c2)CC1. The van der Waals surface area contributed by atoms with Crippen molar-refractivity contribution in [1.29, 1.82) is 0 Å². The molecule has 1 heterocycles. The van der Waals surface area contributed by atoms with Crippen molar-refractivity contribution in [2.75, 3.05) is 19.6 Å². The largest absolute Gasteiger partial charge is 0.351 e. The second-order valence-corrected chi connectivity index (χ2v) is 5.93. The maximum atomic E-state index is 12.0. The van der Waals surface area contributed by atoms with Gasteiger partial charge in [0.25, 0.3) is 0 Å². The van der Waals surface area contributed by atoms with Crippen LogP contribution in [0.2, 0.25) is 0 Å². The monoisotopic (exact) mass is 288 g/mol. The number of aryl methyl sites for hydroxylation is 1. The molecule has 4 heteroatoms. The molecule has 1 fully saturated rings. The first-order valence-corrected chi connectivity index (χ1v) is 7.59. The van der Waals surface area contributed by atoms with Crippen molar-refractivity contribution in [2.45, 2.75) is 33.2 Å². The molecule has 21 heavy (non-hydrogen) atoms. The minimum absolute atomic E-state index is 0.0535. The minimum Gasteiger partial charge on any atom is -0.351 e. The molecule has 0 spiro atoms. The van der Waals surface area contributed by atoms with Crippen molar-refractivity contribution in [3.63, 3.8) is 0 Å². The maximum absolute atomic E-state index is 12.0. The quantitative estimate of drug-likeness (QED) is 0.900. The molecular formula is C17H24N2O2. The summed E-state index contributed by atoms with van der Waals surface area (Å²) in [6.07, 6.45) is 1.75. The Morgan fingerprint density at radius 1 is 1.29 bits per heavy atom. The van der Waals surface area contributed by atoms with Crippen LogP contribution < -0.4 is 5.32 Å². The van der Waals surface area contributed by atoms with Crippen LogP contribution in [0.15, 0.2) is 24.3 Å². The summed E-state index contributed by atoms with van der Waals surface area (Å²) in [4.78, 5) is 25.4. The summed E-state index contributed by atoms with van der Waals surface area (Å²) >= 11 is 0. The maximum Gasteiger partial charge on any atom is 0.234 e. The molecule has 0 bridgehead atoms. The minimum atomic E-state index is 0.0535. The van der Waals surface area contributed by atoms with E-state index in [0.717, 1.165) is 31.5 Å². The Morgan fingerprint density at radius 3 is 2.62 bits per heavy atom. The lowest BCUT2D eigenvalue weighted by atomic mass is 9.93. The van der Waals surface area contributed by atoms with E-state index in [-0.39, 0.29) is 17.6 Å². The fourth-order valence-corrected chi connectivity index (χ4v) is 2.78. The molecule has 0 unspecified atom stereocenters. The third-order valence-electron chi connectivity index (χ3n) is 4.10. The molecule has 114 valence electrons. The molecule has 2 rings (SSSR count). The summed E-state index contributed by atoms with van der Waals surface area (Å²) in [5.41, 5.74) is 2.33. The van der Waals surface area contributed by atoms with Crippen LogP contribution in [-0.4, -0.2) is 36.2 Å². The molecule has 1 aromatic carbocycles. The number of carbonyl (C=O) groups is 2. The molecule has 0 aromatic heterocycles.